The maximum Gasteiger partial charge on any atom is 0.435 e. The highest BCUT2D eigenvalue weighted by Gasteiger charge is 2.39. The second-order valence-corrected chi connectivity index (χ2v) is 9.91. The van der Waals surface area contributed by atoms with E-state index in [1.54, 1.807) is 30.3 Å². The van der Waals surface area contributed by atoms with Gasteiger partial charge in [0.2, 0.25) is 10.0 Å². The number of carbonyl (C=O) groups excluding carboxylic acids is 2. The Labute approximate surface area is 189 Å². The largest absolute Gasteiger partial charge is 0.435 e. The topological polar surface area (TPSA) is 101 Å². The van der Waals surface area contributed by atoms with Crippen LogP contribution in [0.1, 0.15) is 41.7 Å². The third kappa shape index (κ3) is 6.41. The first-order chi connectivity index (χ1) is 15.5. The van der Waals surface area contributed by atoms with Crippen LogP contribution in [0.4, 0.5) is 13.2 Å². The first kappa shape index (κ1) is 24.9. The van der Waals surface area contributed by atoms with Crippen LogP contribution >= 0.6 is 0 Å². The van der Waals surface area contributed by atoms with Crippen LogP contribution in [0, 0.1) is 5.92 Å². The maximum atomic E-state index is 13.4. The van der Waals surface area contributed by atoms with Gasteiger partial charge in [-0.15, -0.1) is 0 Å². The lowest BCUT2D eigenvalue weighted by Crippen LogP contribution is -2.39. The lowest BCUT2D eigenvalue weighted by atomic mass is 9.91. The van der Waals surface area contributed by atoms with Crippen molar-refractivity contribution in [1.29, 1.82) is 0 Å². The van der Waals surface area contributed by atoms with Crippen LogP contribution in [0.5, 0.6) is 0 Å². The molecule has 1 aromatic carbocycles. The zero-order valence-corrected chi connectivity index (χ0v) is 18.8. The third-order valence-electron chi connectivity index (χ3n) is 5.51. The van der Waals surface area contributed by atoms with E-state index in [-0.39, 0.29) is 44.2 Å². The van der Waals surface area contributed by atoms with E-state index in [0.717, 1.165) is 17.1 Å². The van der Waals surface area contributed by atoms with Crippen molar-refractivity contribution in [2.75, 3.05) is 25.9 Å². The number of aromatic nitrogens is 2. The highest BCUT2D eigenvalue weighted by molar-refractivity contribution is 7.88. The first-order valence-electron chi connectivity index (χ1n) is 10.4. The van der Waals surface area contributed by atoms with Gasteiger partial charge in [-0.25, -0.2) is 17.4 Å². The van der Waals surface area contributed by atoms with Crippen molar-refractivity contribution in [2.45, 2.75) is 31.9 Å². The molecule has 1 amide bonds. The quantitative estimate of drug-likeness (QED) is 0.578. The highest BCUT2D eigenvalue weighted by atomic mass is 32.2. The molecule has 0 atom stereocenters. The van der Waals surface area contributed by atoms with E-state index in [1.807, 2.05) is 0 Å². The molecule has 33 heavy (non-hydrogen) atoms. The smallest absolute Gasteiger partial charge is 0.352 e. The fourth-order valence-electron chi connectivity index (χ4n) is 3.74. The average molecular weight is 487 g/mol. The van der Waals surface area contributed by atoms with Crippen molar-refractivity contribution >= 4 is 21.7 Å². The van der Waals surface area contributed by atoms with E-state index in [1.165, 1.54) is 4.31 Å². The number of halogens is 3. The number of hydrogen-bond acceptors (Lipinski definition) is 5. The van der Waals surface area contributed by atoms with Gasteiger partial charge < -0.3 is 5.32 Å². The number of amides is 1. The Morgan fingerprint density at radius 1 is 1.15 bits per heavy atom. The molecule has 0 aliphatic carbocycles. The summed E-state index contributed by atoms with van der Waals surface area (Å²) >= 11 is 0. The van der Waals surface area contributed by atoms with Crippen LogP contribution in [0.15, 0.2) is 36.5 Å². The molecule has 0 saturated carbocycles. The number of benzene rings is 1. The van der Waals surface area contributed by atoms with Crippen molar-refractivity contribution in [2.24, 2.45) is 5.92 Å². The molecule has 0 unspecified atom stereocenters. The van der Waals surface area contributed by atoms with Crippen molar-refractivity contribution < 1.29 is 31.2 Å². The number of Topliss-reactive ketones (excluding diaryl/α,β-unsaturated/α-hetero) is 1. The number of para-hydroxylation sites is 1. The van der Waals surface area contributed by atoms with Crippen LogP contribution in [0.2, 0.25) is 0 Å². The Hall–Kier alpha value is -2.73. The van der Waals surface area contributed by atoms with Gasteiger partial charge in [0.15, 0.2) is 5.69 Å². The second kappa shape index (κ2) is 10.0. The summed E-state index contributed by atoms with van der Waals surface area (Å²) in [6.07, 6.45) is -1.34. The number of hydrogen-bond donors (Lipinski definition) is 1. The average Bonchev–Trinajstić information content (AvgIpc) is 3.23. The molecular weight excluding hydrogens is 461 g/mol. The van der Waals surface area contributed by atoms with Gasteiger partial charge in [-0.2, -0.15) is 18.3 Å². The van der Waals surface area contributed by atoms with E-state index >= 15 is 0 Å². The molecule has 1 aromatic heterocycles. The van der Waals surface area contributed by atoms with Gasteiger partial charge in [-0.05, 0) is 31.4 Å². The normalized spacial score (nSPS) is 16.0. The number of rotatable bonds is 8. The predicted octanol–water partition coefficient (Wildman–Crippen LogP) is 2.64. The molecule has 0 spiro atoms. The van der Waals surface area contributed by atoms with Gasteiger partial charge in [0.25, 0.3) is 5.91 Å². The summed E-state index contributed by atoms with van der Waals surface area (Å²) in [7, 11) is -3.27. The van der Waals surface area contributed by atoms with Gasteiger partial charge in [-0.1, -0.05) is 18.2 Å². The van der Waals surface area contributed by atoms with Crippen LogP contribution in [-0.4, -0.2) is 60.1 Å². The molecule has 1 fully saturated rings. The van der Waals surface area contributed by atoms with Gasteiger partial charge in [0.05, 0.1) is 17.5 Å². The predicted molar refractivity (Wildman–Crippen MR) is 114 cm³/mol. The molecule has 1 saturated heterocycles. The highest BCUT2D eigenvalue weighted by Crippen LogP contribution is 2.31. The molecule has 1 aliphatic heterocycles. The summed E-state index contributed by atoms with van der Waals surface area (Å²) in [5.74, 6) is -1.21. The summed E-state index contributed by atoms with van der Waals surface area (Å²) < 4.78 is 65.6. The molecule has 2 aromatic rings. The van der Waals surface area contributed by atoms with E-state index in [9.17, 15) is 31.2 Å². The number of ketones is 1. The molecule has 0 radical (unpaired) electrons. The fourth-order valence-corrected chi connectivity index (χ4v) is 4.61. The Bertz CT molecular complexity index is 1090. The zero-order valence-electron chi connectivity index (χ0n) is 18.0. The number of carbonyl (C=O) groups is 2. The van der Waals surface area contributed by atoms with Gasteiger partial charge in [0.1, 0.15) is 5.78 Å². The lowest BCUT2D eigenvalue weighted by Gasteiger charge is -2.29. The lowest BCUT2D eigenvalue weighted by molar-refractivity contribution is -0.141. The van der Waals surface area contributed by atoms with Crippen LogP contribution in [0.25, 0.3) is 5.69 Å². The summed E-state index contributed by atoms with van der Waals surface area (Å²) in [6, 6.07) is 8.14. The maximum absolute atomic E-state index is 13.4. The van der Waals surface area contributed by atoms with Crippen LogP contribution in [-0.2, 0) is 21.0 Å². The van der Waals surface area contributed by atoms with Crippen molar-refractivity contribution in [3.63, 3.8) is 0 Å². The van der Waals surface area contributed by atoms with Crippen molar-refractivity contribution in [1.82, 2.24) is 19.4 Å². The molecule has 8 nitrogen and oxygen atoms in total. The molecular formula is C21H25F3N4O4S. The molecule has 3 rings (SSSR count). The molecule has 1 aliphatic rings. The van der Waals surface area contributed by atoms with Crippen LogP contribution in [0.3, 0.4) is 0 Å². The zero-order chi connectivity index (χ0) is 24.2. The Morgan fingerprint density at radius 2 is 1.79 bits per heavy atom. The monoisotopic (exact) mass is 486 g/mol. The van der Waals surface area contributed by atoms with Crippen molar-refractivity contribution in [3.8, 4) is 5.69 Å². The summed E-state index contributed by atoms with van der Waals surface area (Å²) in [5, 5.41) is 5.97. The first-order valence-corrected chi connectivity index (χ1v) is 12.3. The summed E-state index contributed by atoms with van der Waals surface area (Å²) in [5.41, 5.74) is -1.49. The summed E-state index contributed by atoms with van der Waals surface area (Å²) in [6.45, 7) is 0.607. The molecule has 180 valence electrons. The Morgan fingerprint density at radius 3 is 2.36 bits per heavy atom. The molecule has 12 heteroatoms. The number of alkyl halides is 3. The molecule has 2 heterocycles. The van der Waals surface area contributed by atoms with E-state index in [4.69, 9.17) is 0 Å². The van der Waals surface area contributed by atoms with Crippen molar-refractivity contribution in [3.05, 3.63) is 47.8 Å². The summed E-state index contributed by atoms with van der Waals surface area (Å²) in [4.78, 5) is 24.8. The standard InChI is InChI=1S/C21H25F3N4O4S/c1-33(31,32)27-12-9-15(10-13-27)18(29)8-5-11-25-20(30)17-14-28(16-6-3-2-4-7-16)26-19(17)21(22,23)24/h2-4,6-7,14-15H,5,8-13H2,1H3,(H,25,30). The molecule has 0 bridgehead atoms. The number of piperidine rings is 1. The Balaban J connectivity index is 1.54. The number of nitrogens with zero attached hydrogens (tertiary/aromatic N) is 3. The van der Waals surface area contributed by atoms with Crippen LogP contribution < -0.4 is 5.32 Å². The second-order valence-electron chi connectivity index (χ2n) is 7.93. The van der Waals surface area contributed by atoms with E-state index < -0.39 is 33.4 Å². The Kier molecular flexibility index (Phi) is 7.58. The SMILES string of the molecule is CS(=O)(=O)N1CCC(C(=O)CCCNC(=O)c2cn(-c3ccccc3)nc2C(F)(F)F)CC1. The number of sulfonamides is 1. The number of nitrogens with one attached hydrogen (secondary N) is 1. The van der Waals surface area contributed by atoms with E-state index in [2.05, 4.69) is 10.4 Å². The minimum Gasteiger partial charge on any atom is -0.352 e. The van der Waals surface area contributed by atoms with Gasteiger partial charge >= 0.3 is 6.18 Å². The minimum atomic E-state index is -4.80. The fraction of sp³-hybridized carbons (Fsp3) is 0.476. The third-order valence-corrected chi connectivity index (χ3v) is 6.82. The van der Waals surface area contributed by atoms with Gasteiger partial charge in [0, 0.05) is 38.2 Å². The van der Waals surface area contributed by atoms with E-state index in [0.29, 0.717) is 18.5 Å². The van der Waals surface area contributed by atoms with Gasteiger partial charge in [-0.3, -0.25) is 9.59 Å². The molecule has 1 N–H and O–H groups in total. The minimum absolute atomic E-state index is 0.0283.